The smallest absolute Gasteiger partial charge is 0.0421 e. The van der Waals surface area contributed by atoms with Gasteiger partial charge in [0.2, 0.25) is 0 Å². The van der Waals surface area contributed by atoms with E-state index in [0.717, 1.165) is 17.3 Å². The zero-order valence-corrected chi connectivity index (χ0v) is 13.7. The van der Waals surface area contributed by atoms with E-state index in [1.807, 2.05) is 0 Å². The average molecular weight is 373 g/mol. The molecule has 1 heterocycles. The lowest BCUT2D eigenvalue weighted by Crippen LogP contribution is -2.35. The summed E-state index contributed by atoms with van der Waals surface area (Å²) in [4.78, 5) is 2.67. The van der Waals surface area contributed by atoms with Gasteiger partial charge in [0.05, 0.1) is 0 Å². The quantitative estimate of drug-likeness (QED) is 0.651. The molecule has 98 valence electrons. The zero-order valence-electron chi connectivity index (χ0n) is 10.5. The van der Waals surface area contributed by atoms with Gasteiger partial charge in [0.1, 0.15) is 0 Å². The van der Waals surface area contributed by atoms with E-state index in [2.05, 4.69) is 55.0 Å². The number of alkyl halides is 1. The monoisotopic (exact) mass is 371 g/mol. The van der Waals surface area contributed by atoms with Crippen LogP contribution in [-0.2, 0) is 5.33 Å². The Bertz CT molecular complexity index is 433. The Hall–Kier alpha value is -0.0200. The molecule has 2 aliphatic rings. The first-order valence-electron chi connectivity index (χ1n) is 6.90. The summed E-state index contributed by atoms with van der Waals surface area (Å²) in [6.45, 7) is 1.24. The Morgan fingerprint density at radius 3 is 2.83 bits per heavy atom. The standard InChI is InChI=1S/C15H19Br2N/c16-10-12-5-6-13(17)9-15(12)18-8-7-11-3-1-2-4-14(11)18/h5-6,9,11,14H,1-4,7-8,10H2. The molecule has 3 rings (SSSR count). The third kappa shape index (κ3) is 2.36. The fraction of sp³-hybridized carbons (Fsp3) is 0.600. The molecule has 0 aromatic heterocycles. The fourth-order valence-electron chi connectivity index (χ4n) is 3.62. The van der Waals surface area contributed by atoms with Crippen LogP contribution < -0.4 is 4.90 Å². The number of hydrogen-bond donors (Lipinski definition) is 0. The van der Waals surface area contributed by atoms with E-state index < -0.39 is 0 Å². The summed E-state index contributed by atoms with van der Waals surface area (Å²) in [6.07, 6.45) is 7.07. The number of nitrogens with zero attached hydrogens (tertiary/aromatic N) is 1. The lowest BCUT2D eigenvalue weighted by molar-refractivity contribution is 0.342. The molecule has 2 atom stereocenters. The van der Waals surface area contributed by atoms with Crippen LogP contribution in [0.25, 0.3) is 0 Å². The van der Waals surface area contributed by atoms with Crippen molar-refractivity contribution in [2.75, 3.05) is 11.4 Å². The van der Waals surface area contributed by atoms with Crippen molar-refractivity contribution in [1.82, 2.24) is 0 Å². The average Bonchev–Trinajstić information content (AvgIpc) is 2.82. The second kappa shape index (κ2) is 5.54. The first-order valence-corrected chi connectivity index (χ1v) is 8.82. The van der Waals surface area contributed by atoms with Gasteiger partial charge in [-0.3, -0.25) is 0 Å². The van der Waals surface area contributed by atoms with Crippen LogP contribution in [-0.4, -0.2) is 12.6 Å². The molecule has 0 N–H and O–H groups in total. The van der Waals surface area contributed by atoms with Crippen LogP contribution in [0, 0.1) is 5.92 Å². The molecule has 1 aliphatic heterocycles. The Morgan fingerprint density at radius 2 is 2.00 bits per heavy atom. The van der Waals surface area contributed by atoms with Crippen molar-refractivity contribution in [1.29, 1.82) is 0 Å². The SMILES string of the molecule is BrCc1ccc(Br)cc1N1CCC2CCCCC21. The van der Waals surface area contributed by atoms with Gasteiger partial charge in [0.25, 0.3) is 0 Å². The molecule has 1 saturated carbocycles. The number of anilines is 1. The van der Waals surface area contributed by atoms with E-state index in [0.29, 0.717) is 0 Å². The molecular weight excluding hydrogens is 354 g/mol. The lowest BCUT2D eigenvalue weighted by Gasteiger charge is -2.34. The van der Waals surface area contributed by atoms with Crippen molar-refractivity contribution >= 4 is 37.5 Å². The van der Waals surface area contributed by atoms with Gasteiger partial charge in [-0.05, 0) is 42.9 Å². The number of fused-ring (bicyclic) bond motifs is 1. The summed E-state index contributed by atoms with van der Waals surface area (Å²) in [7, 11) is 0. The number of halogens is 2. The van der Waals surface area contributed by atoms with Crippen LogP contribution in [0.3, 0.4) is 0 Å². The second-order valence-electron chi connectivity index (χ2n) is 5.50. The van der Waals surface area contributed by atoms with Crippen LogP contribution in [0.2, 0.25) is 0 Å². The van der Waals surface area contributed by atoms with Gasteiger partial charge >= 0.3 is 0 Å². The van der Waals surface area contributed by atoms with Gasteiger partial charge in [-0.15, -0.1) is 0 Å². The summed E-state index contributed by atoms with van der Waals surface area (Å²) in [5.41, 5.74) is 2.86. The maximum atomic E-state index is 3.63. The van der Waals surface area contributed by atoms with Crippen LogP contribution in [0.1, 0.15) is 37.7 Å². The molecule has 1 saturated heterocycles. The zero-order chi connectivity index (χ0) is 12.5. The second-order valence-corrected chi connectivity index (χ2v) is 6.98. The van der Waals surface area contributed by atoms with Crippen molar-refractivity contribution in [3.63, 3.8) is 0 Å². The third-order valence-corrected chi connectivity index (χ3v) is 5.61. The van der Waals surface area contributed by atoms with E-state index >= 15 is 0 Å². The van der Waals surface area contributed by atoms with Crippen LogP contribution in [0.5, 0.6) is 0 Å². The minimum Gasteiger partial charge on any atom is -0.368 e. The van der Waals surface area contributed by atoms with Gasteiger partial charge in [0.15, 0.2) is 0 Å². The number of rotatable bonds is 2. The van der Waals surface area contributed by atoms with Crippen molar-refractivity contribution in [2.24, 2.45) is 5.92 Å². The van der Waals surface area contributed by atoms with Gasteiger partial charge in [-0.25, -0.2) is 0 Å². The third-order valence-electron chi connectivity index (χ3n) is 4.51. The summed E-state index contributed by atoms with van der Waals surface area (Å²) in [5, 5.41) is 0.948. The molecule has 0 radical (unpaired) electrons. The van der Waals surface area contributed by atoms with E-state index in [1.54, 1.807) is 0 Å². The van der Waals surface area contributed by atoms with E-state index in [9.17, 15) is 0 Å². The molecule has 0 bridgehead atoms. The van der Waals surface area contributed by atoms with Crippen molar-refractivity contribution in [3.05, 3.63) is 28.2 Å². The Morgan fingerprint density at radius 1 is 1.17 bits per heavy atom. The van der Waals surface area contributed by atoms with E-state index in [-0.39, 0.29) is 0 Å². The highest BCUT2D eigenvalue weighted by Crippen LogP contribution is 2.40. The highest BCUT2D eigenvalue weighted by Gasteiger charge is 2.36. The molecule has 1 aromatic carbocycles. The molecule has 0 amide bonds. The predicted molar refractivity (Wildman–Crippen MR) is 84.5 cm³/mol. The molecular formula is C15H19Br2N. The highest BCUT2D eigenvalue weighted by atomic mass is 79.9. The Kier molecular flexibility index (Phi) is 4.00. The first kappa shape index (κ1) is 13.0. The maximum absolute atomic E-state index is 3.63. The minimum atomic E-state index is 0.797. The van der Waals surface area contributed by atoms with Crippen LogP contribution in [0.4, 0.5) is 5.69 Å². The topological polar surface area (TPSA) is 3.24 Å². The van der Waals surface area contributed by atoms with Gasteiger partial charge < -0.3 is 4.90 Å². The molecule has 0 spiro atoms. The van der Waals surface area contributed by atoms with Gasteiger partial charge in [0, 0.05) is 28.1 Å². The summed E-state index contributed by atoms with van der Waals surface area (Å²) >= 11 is 7.24. The lowest BCUT2D eigenvalue weighted by atomic mass is 9.85. The largest absolute Gasteiger partial charge is 0.368 e. The Labute approximate surface area is 126 Å². The summed E-state index contributed by atoms with van der Waals surface area (Å²) in [5.74, 6) is 0.945. The summed E-state index contributed by atoms with van der Waals surface area (Å²) < 4.78 is 1.20. The predicted octanol–water partition coefficient (Wildman–Crippen LogP) is 5.11. The molecule has 1 aromatic rings. The van der Waals surface area contributed by atoms with E-state index in [1.165, 1.54) is 54.4 Å². The molecule has 3 heteroatoms. The number of hydrogen-bond acceptors (Lipinski definition) is 1. The maximum Gasteiger partial charge on any atom is 0.0421 e. The normalized spacial score (nSPS) is 27.3. The molecule has 18 heavy (non-hydrogen) atoms. The number of benzene rings is 1. The van der Waals surface area contributed by atoms with E-state index in [4.69, 9.17) is 0 Å². The van der Waals surface area contributed by atoms with Crippen LogP contribution in [0.15, 0.2) is 22.7 Å². The van der Waals surface area contributed by atoms with Gasteiger partial charge in [-0.2, -0.15) is 0 Å². The molecule has 2 fully saturated rings. The summed E-state index contributed by atoms with van der Waals surface area (Å²) in [6, 6.07) is 7.48. The minimum absolute atomic E-state index is 0.797. The highest BCUT2D eigenvalue weighted by molar-refractivity contribution is 9.10. The van der Waals surface area contributed by atoms with Gasteiger partial charge in [-0.1, -0.05) is 50.8 Å². The van der Waals surface area contributed by atoms with Crippen molar-refractivity contribution in [2.45, 2.75) is 43.5 Å². The first-order chi connectivity index (χ1) is 8.79. The molecule has 1 aliphatic carbocycles. The Balaban J connectivity index is 1.92. The molecule has 1 nitrogen and oxygen atoms in total. The van der Waals surface area contributed by atoms with Crippen LogP contribution >= 0.6 is 31.9 Å². The van der Waals surface area contributed by atoms with Crippen molar-refractivity contribution < 1.29 is 0 Å². The van der Waals surface area contributed by atoms with Crippen molar-refractivity contribution in [3.8, 4) is 0 Å². The fourth-order valence-corrected chi connectivity index (χ4v) is 4.45. The molecule has 2 unspecified atom stereocenters.